The van der Waals surface area contributed by atoms with Gasteiger partial charge < -0.3 is 15.4 Å². The molecule has 4 nitrogen and oxygen atoms in total. The highest BCUT2D eigenvalue weighted by Crippen LogP contribution is 2.25. The molecule has 2 N–H and O–H groups in total. The first-order chi connectivity index (χ1) is 9.93. The van der Waals surface area contributed by atoms with Crippen molar-refractivity contribution in [3.8, 4) is 5.75 Å². The van der Waals surface area contributed by atoms with Crippen LogP contribution < -0.4 is 15.4 Å². The molecule has 0 bridgehead atoms. The first-order valence-electron chi connectivity index (χ1n) is 7.58. The maximum absolute atomic E-state index is 11.7. The molecule has 0 radical (unpaired) electrons. The van der Waals surface area contributed by atoms with Crippen molar-refractivity contribution in [2.75, 3.05) is 20.2 Å². The third-order valence-corrected chi connectivity index (χ3v) is 3.36. The molecule has 21 heavy (non-hydrogen) atoms. The van der Waals surface area contributed by atoms with Gasteiger partial charge in [-0.25, -0.2) is 0 Å². The molecule has 0 aliphatic carbocycles. The quantitative estimate of drug-likeness (QED) is 0.774. The minimum Gasteiger partial charge on any atom is -0.496 e. The number of nitrogens with one attached hydrogen (secondary N) is 2. The van der Waals surface area contributed by atoms with Gasteiger partial charge in [0.1, 0.15) is 5.75 Å². The van der Waals surface area contributed by atoms with E-state index in [4.69, 9.17) is 4.74 Å². The topological polar surface area (TPSA) is 50.4 Å². The average molecular weight is 292 g/mol. The lowest BCUT2D eigenvalue weighted by Crippen LogP contribution is -2.31. The molecule has 1 aromatic carbocycles. The summed E-state index contributed by atoms with van der Waals surface area (Å²) in [6, 6.07) is 6.29. The Labute approximate surface area is 128 Å². The Hall–Kier alpha value is -1.55. The van der Waals surface area contributed by atoms with Crippen molar-refractivity contribution in [2.45, 2.75) is 40.2 Å². The van der Waals surface area contributed by atoms with Crippen molar-refractivity contribution in [3.63, 3.8) is 0 Å². The van der Waals surface area contributed by atoms with Crippen molar-refractivity contribution in [1.82, 2.24) is 10.6 Å². The molecule has 0 aliphatic heterocycles. The minimum absolute atomic E-state index is 0.0969. The molecule has 1 amide bonds. The first kappa shape index (κ1) is 17.5. The highest BCUT2D eigenvalue weighted by molar-refractivity contribution is 5.76. The van der Waals surface area contributed by atoms with Gasteiger partial charge in [-0.2, -0.15) is 0 Å². The van der Waals surface area contributed by atoms with Crippen LogP contribution >= 0.6 is 0 Å². The Morgan fingerprint density at radius 2 is 2.00 bits per heavy atom. The van der Waals surface area contributed by atoms with Gasteiger partial charge in [-0.3, -0.25) is 4.79 Å². The number of benzene rings is 1. The molecular weight excluding hydrogens is 264 g/mol. The average Bonchev–Trinajstić information content (AvgIpc) is 2.44. The molecule has 0 spiro atoms. The summed E-state index contributed by atoms with van der Waals surface area (Å²) in [6.07, 6.45) is 0.491. The number of methoxy groups -OCH3 is 1. The van der Waals surface area contributed by atoms with E-state index in [1.54, 1.807) is 7.11 Å². The van der Waals surface area contributed by atoms with Gasteiger partial charge in [0.05, 0.1) is 7.11 Å². The van der Waals surface area contributed by atoms with E-state index in [0.717, 1.165) is 17.9 Å². The number of carbonyl (C=O) groups is 1. The van der Waals surface area contributed by atoms with E-state index in [9.17, 15) is 4.79 Å². The zero-order valence-electron chi connectivity index (χ0n) is 13.8. The number of hydrogen-bond acceptors (Lipinski definition) is 3. The number of carbonyl (C=O) groups excluding carboxylic acids is 1. The van der Waals surface area contributed by atoms with E-state index in [-0.39, 0.29) is 11.9 Å². The van der Waals surface area contributed by atoms with E-state index in [1.165, 1.54) is 5.56 Å². The highest BCUT2D eigenvalue weighted by atomic mass is 16.5. The lowest BCUT2D eigenvalue weighted by Gasteiger charge is -2.18. The van der Waals surface area contributed by atoms with Crippen LogP contribution in [0.5, 0.6) is 5.75 Å². The zero-order valence-corrected chi connectivity index (χ0v) is 13.8. The van der Waals surface area contributed by atoms with Crippen LogP contribution in [0.3, 0.4) is 0 Å². The Kier molecular flexibility index (Phi) is 7.23. The van der Waals surface area contributed by atoms with Gasteiger partial charge in [-0.15, -0.1) is 0 Å². The zero-order chi connectivity index (χ0) is 15.8. The monoisotopic (exact) mass is 292 g/mol. The summed E-state index contributed by atoms with van der Waals surface area (Å²) in [6.45, 7) is 9.72. The lowest BCUT2D eigenvalue weighted by molar-refractivity contribution is -0.121. The van der Waals surface area contributed by atoms with Gasteiger partial charge in [0, 0.05) is 31.1 Å². The summed E-state index contributed by atoms with van der Waals surface area (Å²) in [5, 5.41) is 6.30. The first-order valence-corrected chi connectivity index (χ1v) is 7.58. The molecule has 118 valence electrons. The summed E-state index contributed by atoms with van der Waals surface area (Å²) in [7, 11) is 1.68. The van der Waals surface area contributed by atoms with Crippen LogP contribution in [0.2, 0.25) is 0 Å². The van der Waals surface area contributed by atoms with E-state index in [0.29, 0.717) is 18.9 Å². The fourth-order valence-corrected chi connectivity index (χ4v) is 2.11. The summed E-state index contributed by atoms with van der Waals surface area (Å²) in [4.78, 5) is 11.7. The highest BCUT2D eigenvalue weighted by Gasteiger charge is 2.11. The molecule has 4 heteroatoms. The summed E-state index contributed by atoms with van der Waals surface area (Å²) in [5.41, 5.74) is 2.33. The number of rotatable bonds is 8. The molecule has 0 aliphatic rings. The standard InChI is InChI=1S/C17H28N2O2/c1-12(2)11-19-17(20)8-9-18-14(4)15-10-13(3)6-7-16(15)21-5/h6-7,10,12,14,18H,8-9,11H2,1-5H3,(H,19,20). The summed E-state index contributed by atoms with van der Waals surface area (Å²) >= 11 is 0. The molecule has 1 rings (SSSR count). The van der Waals surface area contributed by atoms with Gasteiger partial charge in [0.2, 0.25) is 5.91 Å². The Morgan fingerprint density at radius 1 is 1.29 bits per heavy atom. The fourth-order valence-electron chi connectivity index (χ4n) is 2.11. The Morgan fingerprint density at radius 3 is 2.62 bits per heavy atom. The fraction of sp³-hybridized carbons (Fsp3) is 0.588. The van der Waals surface area contributed by atoms with Crippen LogP contribution in [-0.2, 0) is 4.79 Å². The van der Waals surface area contributed by atoms with Crippen LogP contribution in [0.25, 0.3) is 0 Å². The van der Waals surface area contributed by atoms with Crippen LogP contribution in [0.4, 0.5) is 0 Å². The van der Waals surface area contributed by atoms with E-state index in [1.807, 2.05) is 12.1 Å². The smallest absolute Gasteiger partial charge is 0.221 e. The lowest BCUT2D eigenvalue weighted by atomic mass is 10.0. The van der Waals surface area contributed by atoms with Gasteiger partial charge in [-0.1, -0.05) is 31.5 Å². The third kappa shape index (κ3) is 6.17. The number of ether oxygens (including phenoxy) is 1. The van der Waals surface area contributed by atoms with Crippen LogP contribution in [0.15, 0.2) is 18.2 Å². The van der Waals surface area contributed by atoms with Gasteiger partial charge in [0.25, 0.3) is 0 Å². The molecular formula is C17H28N2O2. The Bertz CT molecular complexity index is 458. The Balaban J connectivity index is 2.45. The van der Waals surface area contributed by atoms with E-state index < -0.39 is 0 Å². The van der Waals surface area contributed by atoms with E-state index >= 15 is 0 Å². The molecule has 0 heterocycles. The minimum atomic E-state index is 0.0969. The van der Waals surface area contributed by atoms with Crippen molar-refractivity contribution in [3.05, 3.63) is 29.3 Å². The van der Waals surface area contributed by atoms with Crippen molar-refractivity contribution in [2.24, 2.45) is 5.92 Å². The van der Waals surface area contributed by atoms with Gasteiger partial charge >= 0.3 is 0 Å². The number of aryl methyl sites for hydroxylation is 1. The van der Waals surface area contributed by atoms with Crippen molar-refractivity contribution in [1.29, 1.82) is 0 Å². The SMILES string of the molecule is COc1ccc(C)cc1C(C)NCCC(=O)NCC(C)C. The molecule has 0 saturated heterocycles. The van der Waals surface area contributed by atoms with Crippen molar-refractivity contribution >= 4 is 5.91 Å². The van der Waals surface area contributed by atoms with Gasteiger partial charge in [-0.05, 0) is 25.8 Å². The largest absolute Gasteiger partial charge is 0.496 e. The second kappa shape index (κ2) is 8.67. The van der Waals surface area contributed by atoms with Crippen LogP contribution in [-0.4, -0.2) is 26.1 Å². The number of amides is 1. The summed E-state index contributed by atoms with van der Waals surface area (Å²) < 4.78 is 5.39. The predicted octanol–water partition coefficient (Wildman–Crippen LogP) is 2.82. The maximum atomic E-state index is 11.7. The molecule has 1 atom stereocenters. The molecule has 0 fully saturated rings. The predicted molar refractivity (Wildman–Crippen MR) is 86.6 cm³/mol. The molecule has 0 aromatic heterocycles. The second-order valence-corrected chi connectivity index (χ2v) is 5.87. The van der Waals surface area contributed by atoms with Crippen LogP contribution in [0, 0.1) is 12.8 Å². The van der Waals surface area contributed by atoms with Gasteiger partial charge in [0.15, 0.2) is 0 Å². The molecule has 0 saturated carbocycles. The normalized spacial score (nSPS) is 12.3. The molecule has 1 unspecified atom stereocenters. The summed E-state index contributed by atoms with van der Waals surface area (Å²) in [5.74, 6) is 1.46. The number of hydrogen-bond donors (Lipinski definition) is 2. The maximum Gasteiger partial charge on any atom is 0.221 e. The second-order valence-electron chi connectivity index (χ2n) is 5.87. The van der Waals surface area contributed by atoms with E-state index in [2.05, 4.69) is 44.4 Å². The third-order valence-electron chi connectivity index (χ3n) is 3.36. The molecule has 1 aromatic rings. The van der Waals surface area contributed by atoms with Crippen molar-refractivity contribution < 1.29 is 9.53 Å². The van der Waals surface area contributed by atoms with Crippen LogP contribution in [0.1, 0.15) is 44.4 Å².